The average molecular weight is 497 g/mol. The number of pyridine rings is 1. The van der Waals surface area contributed by atoms with Crippen molar-refractivity contribution in [1.29, 1.82) is 0 Å². The molecule has 2 heterocycles. The number of piperidine rings is 1. The van der Waals surface area contributed by atoms with Crippen molar-refractivity contribution in [3.05, 3.63) is 72.4 Å². The minimum absolute atomic E-state index is 0.235. The first-order valence-corrected chi connectivity index (χ1v) is 13.0. The molecule has 0 amide bonds. The Morgan fingerprint density at radius 1 is 1.36 bits per heavy atom. The van der Waals surface area contributed by atoms with Crippen LogP contribution in [-0.4, -0.2) is 72.2 Å². The number of hydrogen-bond acceptors (Lipinski definition) is 6. The number of rotatable bonds is 15. The number of nitrogens with one attached hydrogen (secondary N) is 1. The van der Waals surface area contributed by atoms with Gasteiger partial charge in [0.1, 0.15) is 5.76 Å². The summed E-state index contributed by atoms with van der Waals surface area (Å²) < 4.78 is 5.99. The van der Waals surface area contributed by atoms with Crippen LogP contribution in [0.25, 0.3) is 0 Å². The number of likely N-dealkylation sites (tertiary alicyclic amines) is 1. The third kappa shape index (κ3) is 10.3. The highest BCUT2D eigenvalue weighted by Gasteiger charge is 2.17. The van der Waals surface area contributed by atoms with Crippen LogP contribution in [0.3, 0.4) is 0 Å². The standard InChI is InChI=1S/C29H44N4O3/c1-6-9-26(36-21-8-7-16-31-28-22-30-17-12-27(28)29(34)35)15-20-33(5)24(3)11-10-23(2)25-13-18-32(4)19-14-25/h9-12,15,17,20,22,24-25,31H,2,6-8,13-14,16,18-19,21H2,1,3-5H3,(H,34,35)/b11-10-,20-15+,26-9+. The van der Waals surface area contributed by atoms with Crippen LogP contribution in [0, 0.1) is 5.92 Å². The summed E-state index contributed by atoms with van der Waals surface area (Å²) in [4.78, 5) is 19.8. The smallest absolute Gasteiger partial charge is 0.337 e. The summed E-state index contributed by atoms with van der Waals surface area (Å²) in [6.07, 6.45) is 18.6. The third-order valence-electron chi connectivity index (χ3n) is 6.56. The fourth-order valence-corrected chi connectivity index (χ4v) is 3.98. The molecule has 0 bridgehead atoms. The summed E-state index contributed by atoms with van der Waals surface area (Å²) in [5.74, 6) is 0.503. The molecular weight excluding hydrogens is 452 g/mol. The van der Waals surface area contributed by atoms with Crippen LogP contribution in [0.1, 0.15) is 56.3 Å². The maximum atomic E-state index is 11.3. The van der Waals surface area contributed by atoms with E-state index in [1.54, 1.807) is 6.20 Å². The molecule has 1 fully saturated rings. The van der Waals surface area contributed by atoms with Crippen molar-refractivity contribution in [2.75, 3.05) is 45.7 Å². The van der Waals surface area contributed by atoms with E-state index in [-0.39, 0.29) is 11.6 Å². The Hall–Kier alpha value is -3.06. The number of allylic oxidation sites excluding steroid dienone is 4. The number of carboxylic acid groups (broad SMARTS) is 1. The SMILES string of the molecule is C=C(/C=C\C(C)N(C)/C=C/C(=C\CC)OCCCCNc1cnccc1C(=O)O)C1CCN(C)CC1. The minimum Gasteiger partial charge on any atom is -0.494 e. The second-order valence-corrected chi connectivity index (χ2v) is 9.46. The quantitative estimate of drug-likeness (QED) is 0.187. The molecule has 0 spiro atoms. The number of likely N-dealkylation sites (N-methyl/N-ethyl adjacent to an activating group) is 1. The molecule has 2 rings (SSSR count). The van der Waals surface area contributed by atoms with E-state index in [0.717, 1.165) is 38.1 Å². The summed E-state index contributed by atoms with van der Waals surface area (Å²) in [6.45, 7) is 12.1. The predicted octanol–water partition coefficient (Wildman–Crippen LogP) is 5.57. The predicted molar refractivity (Wildman–Crippen MR) is 148 cm³/mol. The highest BCUT2D eigenvalue weighted by atomic mass is 16.5. The molecule has 7 nitrogen and oxygen atoms in total. The van der Waals surface area contributed by atoms with Gasteiger partial charge in [-0.25, -0.2) is 4.79 Å². The Labute approximate surface area is 217 Å². The number of aromatic carboxylic acids is 1. The van der Waals surface area contributed by atoms with Crippen molar-refractivity contribution in [2.45, 2.75) is 52.0 Å². The molecular formula is C29H44N4O3. The Morgan fingerprint density at radius 3 is 2.81 bits per heavy atom. The topological polar surface area (TPSA) is 77.9 Å². The van der Waals surface area contributed by atoms with E-state index in [0.29, 0.717) is 24.8 Å². The number of ether oxygens (including phenoxy) is 1. The maximum Gasteiger partial charge on any atom is 0.337 e. The second-order valence-electron chi connectivity index (χ2n) is 9.46. The summed E-state index contributed by atoms with van der Waals surface area (Å²) in [6, 6.07) is 1.75. The molecule has 1 unspecified atom stereocenters. The van der Waals surface area contributed by atoms with E-state index in [9.17, 15) is 9.90 Å². The van der Waals surface area contributed by atoms with Gasteiger partial charge in [-0.15, -0.1) is 0 Å². The zero-order valence-corrected chi connectivity index (χ0v) is 22.4. The Balaban J connectivity index is 1.73. The van der Waals surface area contributed by atoms with Crippen LogP contribution in [0.15, 0.2) is 66.9 Å². The van der Waals surface area contributed by atoms with Gasteiger partial charge in [0.05, 0.1) is 24.1 Å². The molecule has 2 N–H and O–H groups in total. The van der Waals surface area contributed by atoms with Crippen LogP contribution >= 0.6 is 0 Å². The number of hydrogen-bond donors (Lipinski definition) is 2. The molecule has 1 aromatic heterocycles. The van der Waals surface area contributed by atoms with Gasteiger partial charge in [0, 0.05) is 32.0 Å². The van der Waals surface area contributed by atoms with Crippen LogP contribution in [0.2, 0.25) is 0 Å². The van der Waals surface area contributed by atoms with Crippen molar-refractivity contribution >= 4 is 11.7 Å². The maximum absolute atomic E-state index is 11.3. The van der Waals surface area contributed by atoms with Crippen molar-refractivity contribution in [3.8, 4) is 0 Å². The lowest BCUT2D eigenvalue weighted by molar-refractivity contribution is 0.0697. The average Bonchev–Trinajstić information content (AvgIpc) is 2.87. The van der Waals surface area contributed by atoms with Crippen LogP contribution in [-0.2, 0) is 4.74 Å². The van der Waals surface area contributed by atoms with Gasteiger partial charge in [-0.1, -0.05) is 31.2 Å². The van der Waals surface area contributed by atoms with Gasteiger partial charge in [-0.05, 0) is 83.3 Å². The van der Waals surface area contributed by atoms with Crippen molar-refractivity contribution in [1.82, 2.24) is 14.8 Å². The van der Waals surface area contributed by atoms with Gasteiger partial charge in [0.25, 0.3) is 0 Å². The molecule has 7 heteroatoms. The molecule has 0 radical (unpaired) electrons. The molecule has 198 valence electrons. The highest BCUT2D eigenvalue weighted by Crippen LogP contribution is 2.24. The number of anilines is 1. The molecule has 1 aliphatic rings. The van der Waals surface area contributed by atoms with E-state index >= 15 is 0 Å². The lowest BCUT2D eigenvalue weighted by Gasteiger charge is -2.29. The van der Waals surface area contributed by atoms with Crippen molar-refractivity contribution in [3.63, 3.8) is 0 Å². The molecule has 1 atom stereocenters. The zero-order chi connectivity index (χ0) is 26.3. The monoisotopic (exact) mass is 496 g/mol. The molecule has 0 saturated carbocycles. The highest BCUT2D eigenvalue weighted by molar-refractivity contribution is 5.93. The normalized spacial score (nSPS) is 16.4. The van der Waals surface area contributed by atoms with E-state index in [4.69, 9.17) is 4.74 Å². The Kier molecular flexibility index (Phi) is 12.8. The molecule has 36 heavy (non-hydrogen) atoms. The van der Waals surface area contributed by atoms with E-state index in [1.165, 1.54) is 30.7 Å². The van der Waals surface area contributed by atoms with Gasteiger partial charge in [0.15, 0.2) is 0 Å². The van der Waals surface area contributed by atoms with Crippen LogP contribution < -0.4 is 5.32 Å². The molecule has 1 aliphatic heterocycles. The van der Waals surface area contributed by atoms with Gasteiger partial charge in [-0.2, -0.15) is 0 Å². The first-order chi connectivity index (χ1) is 17.3. The van der Waals surface area contributed by atoms with Crippen molar-refractivity contribution in [2.24, 2.45) is 5.92 Å². The number of nitrogens with zero attached hydrogens (tertiary/aromatic N) is 3. The van der Waals surface area contributed by atoms with Gasteiger partial charge in [0.2, 0.25) is 0 Å². The lowest BCUT2D eigenvalue weighted by Crippen LogP contribution is -2.30. The molecule has 1 aromatic rings. The van der Waals surface area contributed by atoms with E-state index < -0.39 is 5.97 Å². The molecule has 0 aromatic carbocycles. The largest absolute Gasteiger partial charge is 0.494 e. The Morgan fingerprint density at radius 2 is 2.11 bits per heavy atom. The van der Waals surface area contributed by atoms with Crippen LogP contribution in [0.5, 0.6) is 0 Å². The Bertz CT molecular complexity index is 917. The summed E-state index contributed by atoms with van der Waals surface area (Å²) >= 11 is 0. The fraction of sp³-hybridized carbons (Fsp3) is 0.517. The summed E-state index contributed by atoms with van der Waals surface area (Å²) in [5.41, 5.74) is 2.01. The van der Waals surface area contributed by atoms with Crippen LogP contribution in [0.4, 0.5) is 5.69 Å². The number of unbranched alkanes of at least 4 members (excludes halogenated alkanes) is 1. The fourth-order valence-electron chi connectivity index (χ4n) is 3.98. The van der Waals surface area contributed by atoms with E-state index in [2.05, 4.69) is 79.1 Å². The van der Waals surface area contributed by atoms with Crippen molar-refractivity contribution < 1.29 is 14.6 Å². The molecule has 0 aliphatic carbocycles. The number of aromatic nitrogens is 1. The first kappa shape index (κ1) is 29.2. The third-order valence-corrected chi connectivity index (χ3v) is 6.56. The number of carboxylic acids is 1. The summed E-state index contributed by atoms with van der Waals surface area (Å²) in [7, 11) is 4.26. The van der Waals surface area contributed by atoms with E-state index in [1.807, 2.05) is 6.08 Å². The lowest BCUT2D eigenvalue weighted by atomic mass is 9.90. The molecule has 1 saturated heterocycles. The first-order valence-electron chi connectivity index (χ1n) is 13.0. The van der Waals surface area contributed by atoms with Gasteiger partial charge in [-0.3, -0.25) is 4.98 Å². The summed E-state index contributed by atoms with van der Waals surface area (Å²) in [5, 5.41) is 12.4. The second kappa shape index (κ2) is 15.8. The van der Waals surface area contributed by atoms with Gasteiger partial charge >= 0.3 is 5.97 Å². The minimum atomic E-state index is -0.957. The number of carbonyl (C=O) groups is 1. The van der Waals surface area contributed by atoms with Gasteiger partial charge < -0.3 is 25.0 Å². The zero-order valence-electron chi connectivity index (χ0n) is 22.4.